The molecule has 24 heavy (non-hydrogen) atoms. The third-order valence-corrected chi connectivity index (χ3v) is 3.97. The molecule has 0 saturated heterocycles. The third kappa shape index (κ3) is 3.65. The molecule has 1 aliphatic heterocycles. The number of hydrogen-bond acceptors (Lipinski definition) is 5. The molecule has 128 valence electrons. The van der Waals surface area contributed by atoms with Gasteiger partial charge in [-0.2, -0.15) is 5.10 Å². The van der Waals surface area contributed by atoms with E-state index in [0.29, 0.717) is 17.1 Å². The smallest absolute Gasteiger partial charge is 0.256 e. The van der Waals surface area contributed by atoms with Crippen molar-refractivity contribution in [3.05, 3.63) is 39.9 Å². The molecule has 0 unspecified atom stereocenters. The topological polar surface area (TPSA) is 95.0 Å². The lowest BCUT2D eigenvalue weighted by Gasteiger charge is -2.19. The number of hydrogen-bond donors (Lipinski definition) is 3. The number of carbonyl (C=O) groups excluding carboxylic acids is 1. The van der Waals surface area contributed by atoms with Gasteiger partial charge in [-0.1, -0.05) is 0 Å². The maximum atomic E-state index is 12.6. The number of nitrogens with zero attached hydrogens (tertiary/aromatic N) is 3. The number of aromatic nitrogens is 3. The molecule has 8 nitrogen and oxygen atoms in total. The number of H-pyrrole nitrogens is 1. The molecule has 0 atom stereocenters. The molecule has 8 heteroatoms. The number of aromatic amines is 1. The first kappa shape index (κ1) is 16.3. The summed E-state index contributed by atoms with van der Waals surface area (Å²) in [5.74, 6) is 0.369. The molecule has 2 aromatic rings. The molecule has 0 aliphatic carbocycles. The number of anilines is 2. The standard InChI is InChI=1S/C16H22N6O2/c1-21(2)6-7-22-10-11(9-18-22)19-16(24)13-8-14(23)20-15-12(13)4-3-5-17-15/h8-10H,3-7H2,1-2H3,(H,19,24)(H2,17,20,23). The Balaban J connectivity index is 1.76. The Hall–Kier alpha value is -2.61. The first-order valence-electron chi connectivity index (χ1n) is 8.01. The van der Waals surface area contributed by atoms with Crippen LogP contribution in [0.5, 0.6) is 0 Å². The zero-order valence-electron chi connectivity index (χ0n) is 13.9. The lowest BCUT2D eigenvalue weighted by Crippen LogP contribution is -2.24. The number of nitrogens with one attached hydrogen (secondary N) is 3. The number of rotatable bonds is 5. The summed E-state index contributed by atoms with van der Waals surface area (Å²) >= 11 is 0. The second-order valence-electron chi connectivity index (χ2n) is 6.18. The van der Waals surface area contributed by atoms with Gasteiger partial charge in [-0.3, -0.25) is 14.3 Å². The van der Waals surface area contributed by atoms with Crippen molar-refractivity contribution in [1.29, 1.82) is 0 Å². The Morgan fingerprint density at radius 2 is 2.29 bits per heavy atom. The van der Waals surface area contributed by atoms with Gasteiger partial charge in [-0.15, -0.1) is 0 Å². The first-order valence-corrected chi connectivity index (χ1v) is 8.01. The van der Waals surface area contributed by atoms with Crippen molar-refractivity contribution < 1.29 is 4.79 Å². The summed E-state index contributed by atoms with van der Waals surface area (Å²) in [7, 11) is 3.99. The van der Waals surface area contributed by atoms with Gasteiger partial charge in [-0.05, 0) is 26.9 Å². The molecule has 1 aliphatic rings. The van der Waals surface area contributed by atoms with Gasteiger partial charge < -0.3 is 20.5 Å². The van der Waals surface area contributed by atoms with Crippen LogP contribution in [0, 0.1) is 0 Å². The van der Waals surface area contributed by atoms with Crippen LogP contribution in [0.25, 0.3) is 0 Å². The Morgan fingerprint density at radius 3 is 3.08 bits per heavy atom. The van der Waals surface area contributed by atoms with E-state index in [1.165, 1.54) is 6.07 Å². The highest BCUT2D eigenvalue weighted by molar-refractivity contribution is 6.05. The fraction of sp³-hybridized carbons (Fsp3) is 0.438. The molecule has 0 bridgehead atoms. The minimum atomic E-state index is -0.284. The molecule has 0 spiro atoms. The quantitative estimate of drug-likeness (QED) is 0.752. The van der Waals surface area contributed by atoms with Crippen LogP contribution in [0.15, 0.2) is 23.3 Å². The zero-order valence-corrected chi connectivity index (χ0v) is 13.9. The van der Waals surface area contributed by atoms with Crippen molar-refractivity contribution in [3.63, 3.8) is 0 Å². The highest BCUT2D eigenvalue weighted by Crippen LogP contribution is 2.22. The highest BCUT2D eigenvalue weighted by Gasteiger charge is 2.19. The van der Waals surface area contributed by atoms with E-state index < -0.39 is 0 Å². The van der Waals surface area contributed by atoms with Crippen LogP contribution < -0.4 is 16.2 Å². The van der Waals surface area contributed by atoms with Crippen molar-refractivity contribution in [2.24, 2.45) is 0 Å². The normalized spacial score (nSPS) is 13.5. The lowest BCUT2D eigenvalue weighted by atomic mass is 10.0. The van der Waals surface area contributed by atoms with E-state index in [4.69, 9.17) is 0 Å². The molecule has 3 heterocycles. The van der Waals surface area contributed by atoms with Gasteiger partial charge in [0.1, 0.15) is 5.82 Å². The molecule has 3 N–H and O–H groups in total. The monoisotopic (exact) mass is 330 g/mol. The van der Waals surface area contributed by atoms with E-state index in [-0.39, 0.29) is 11.5 Å². The van der Waals surface area contributed by atoms with E-state index in [1.807, 2.05) is 14.1 Å². The van der Waals surface area contributed by atoms with E-state index in [0.717, 1.165) is 38.0 Å². The van der Waals surface area contributed by atoms with Gasteiger partial charge in [0.25, 0.3) is 5.91 Å². The molecule has 1 amide bonds. The van der Waals surface area contributed by atoms with E-state index in [1.54, 1.807) is 17.1 Å². The molecule has 0 radical (unpaired) electrons. The average Bonchev–Trinajstić information content (AvgIpc) is 2.99. The molecule has 0 aromatic carbocycles. The van der Waals surface area contributed by atoms with Gasteiger partial charge >= 0.3 is 0 Å². The number of carbonyl (C=O) groups is 1. The third-order valence-electron chi connectivity index (χ3n) is 3.97. The predicted molar refractivity (Wildman–Crippen MR) is 92.6 cm³/mol. The molecular formula is C16H22N6O2. The van der Waals surface area contributed by atoms with Crippen LogP contribution in [0.2, 0.25) is 0 Å². The summed E-state index contributed by atoms with van der Waals surface area (Å²) in [5, 5.41) is 10.2. The van der Waals surface area contributed by atoms with Gasteiger partial charge in [0.05, 0.1) is 24.0 Å². The van der Waals surface area contributed by atoms with Crippen LogP contribution >= 0.6 is 0 Å². The number of fused-ring (bicyclic) bond motifs is 1. The fourth-order valence-corrected chi connectivity index (χ4v) is 2.73. The van der Waals surface area contributed by atoms with Gasteiger partial charge in [0, 0.05) is 30.9 Å². The minimum absolute atomic E-state index is 0.282. The summed E-state index contributed by atoms with van der Waals surface area (Å²) in [4.78, 5) is 29.2. The van der Waals surface area contributed by atoms with Crippen LogP contribution in [-0.4, -0.2) is 52.8 Å². The number of likely N-dealkylation sites (N-methyl/N-ethyl adjacent to an activating group) is 1. The Bertz CT molecular complexity index is 792. The summed E-state index contributed by atoms with van der Waals surface area (Å²) in [6, 6.07) is 1.36. The first-order chi connectivity index (χ1) is 11.5. The summed E-state index contributed by atoms with van der Waals surface area (Å²) in [6.45, 7) is 2.40. The summed E-state index contributed by atoms with van der Waals surface area (Å²) in [6.07, 6.45) is 5.11. The van der Waals surface area contributed by atoms with Crippen LogP contribution in [0.1, 0.15) is 22.3 Å². The molecule has 2 aromatic heterocycles. The molecule has 0 saturated carbocycles. The lowest BCUT2D eigenvalue weighted by molar-refractivity contribution is 0.102. The van der Waals surface area contributed by atoms with Crippen molar-refractivity contribution in [2.45, 2.75) is 19.4 Å². The number of pyridine rings is 1. The van der Waals surface area contributed by atoms with Crippen molar-refractivity contribution in [1.82, 2.24) is 19.7 Å². The summed E-state index contributed by atoms with van der Waals surface area (Å²) in [5.41, 5.74) is 1.62. The minimum Gasteiger partial charge on any atom is -0.371 e. The Kier molecular flexibility index (Phi) is 4.66. The van der Waals surface area contributed by atoms with E-state index in [2.05, 4.69) is 25.6 Å². The number of amides is 1. The fourth-order valence-electron chi connectivity index (χ4n) is 2.73. The van der Waals surface area contributed by atoms with Gasteiger partial charge in [0.15, 0.2) is 0 Å². The second kappa shape index (κ2) is 6.88. The highest BCUT2D eigenvalue weighted by atomic mass is 16.2. The predicted octanol–water partition coefficient (Wildman–Crippen LogP) is 0.743. The largest absolute Gasteiger partial charge is 0.371 e. The zero-order chi connectivity index (χ0) is 17.1. The molecule has 0 fully saturated rings. The van der Waals surface area contributed by atoms with E-state index in [9.17, 15) is 9.59 Å². The molecular weight excluding hydrogens is 308 g/mol. The molecule has 3 rings (SSSR count). The second-order valence-corrected chi connectivity index (χ2v) is 6.18. The van der Waals surface area contributed by atoms with Crippen LogP contribution in [0.3, 0.4) is 0 Å². The van der Waals surface area contributed by atoms with Crippen molar-refractivity contribution in [2.75, 3.05) is 37.8 Å². The van der Waals surface area contributed by atoms with Crippen LogP contribution in [0.4, 0.5) is 11.5 Å². The Morgan fingerprint density at radius 1 is 1.46 bits per heavy atom. The maximum absolute atomic E-state index is 12.6. The summed E-state index contributed by atoms with van der Waals surface area (Å²) < 4.78 is 1.78. The Labute approximate surface area is 139 Å². The SMILES string of the molecule is CN(C)CCn1cc(NC(=O)c2cc(=O)[nH]c3c2CCCN3)cn1. The van der Waals surface area contributed by atoms with Gasteiger partial charge in [0.2, 0.25) is 5.56 Å². The van der Waals surface area contributed by atoms with Gasteiger partial charge in [-0.25, -0.2) is 0 Å². The van der Waals surface area contributed by atoms with E-state index >= 15 is 0 Å². The van der Waals surface area contributed by atoms with Crippen molar-refractivity contribution in [3.8, 4) is 0 Å². The van der Waals surface area contributed by atoms with Crippen molar-refractivity contribution >= 4 is 17.4 Å². The average molecular weight is 330 g/mol. The maximum Gasteiger partial charge on any atom is 0.256 e. The van der Waals surface area contributed by atoms with Crippen LogP contribution in [-0.2, 0) is 13.0 Å².